The van der Waals surface area contributed by atoms with E-state index in [1.165, 1.54) is 11.8 Å². The van der Waals surface area contributed by atoms with Crippen LogP contribution in [0.1, 0.15) is 10.4 Å². The third-order valence-corrected chi connectivity index (χ3v) is 2.76. The third-order valence-electron chi connectivity index (χ3n) is 2.20. The maximum absolute atomic E-state index is 10.8. The second-order valence-corrected chi connectivity index (χ2v) is 4.21. The molecule has 0 aliphatic rings. The molecule has 0 spiro atoms. The molecule has 6 heteroatoms. The van der Waals surface area contributed by atoms with Crippen LogP contribution >= 0.6 is 11.8 Å². The molecule has 0 radical (unpaired) electrons. The van der Waals surface area contributed by atoms with Gasteiger partial charge in [0.1, 0.15) is 5.82 Å². The molecule has 0 aliphatic carbocycles. The van der Waals surface area contributed by atoms with Crippen LogP contribution in [0, 0.1) is 0 Å². The normalized spacial score (nSPS) is 10.1. The number of anilines is 2. The first kappa shape index (κ1) is 12.4. The summed E-state index contributed by atoms with van der Waals surface area (Å²) < 4.78 is 0. The number of rotatable bonds is 4. The molecule has 1 aromatic heterocycles. The Kier molecular flexibility index (Phi) is 3.78. The topological polar surface area (TPSA) is 75.1 Å². The Bertz CT molecular complexity index is 575. The predicted molar refractivity (Wildman–Crippen MR) is 70.5 cm³/mol. The lowest BCUT2D eigenvalue weighted by molar-refractivity contribution is 0.0697. The molecular formula is C12H11N3O2S. The summed E-state index contributed by atoms with van der Waals surface area (Å²) in [5.41, 5.74) is 0.916. The minimum atomic E-state index is -0.953. The standard InChI is InChI=1S/C12H11N3O2S/c1-18-12-13-6-5-10(15-12)14-9-4-2-3-8(7-9)11(16)17/h2-7H,1H3,(H,16,17)(H,13,14,15). The van der Waals surface area contributed by atoms with Gasteiger partial charge in [-0.25, -0.2) is 14.8 Å². The van der Waals surface area contributed by atoms with Crippen LogP contribution in [0.15, 0.2) is 41.7 Å². The number of hydrogen-bond donors (Lipinski definition) is 2. The van der Waals surface area contributed by atoms with Crippen molar-refractivity contribution in [2.45, 2.75) is 5.16 Å². The van der Waals surface area contributed by atoms with Gasteiger partial charge in [0, 0.05) is 11.9 Å². The number of benzene rings is 1. The van der Waals surface area contributed by atoms with E-state index in [1.54, 1.807) is 36.5 Å². The molecule has 2 aromatic rings. The van der Waals surface area contributed by atoms with Crippen LogP contribution in [0.3, 0.4) is 0 Å². The number of carboxylic acid groups (broad SMARTS) is 1. The smallest absolute Gasteiger partial charge is 0.335 e. The van der Waals surface area contributed by atoms with Crippen LogP contribution < -0.4 is 5.32 Å². The molecule has 1 heterocycles. The Balaban J connectivity index is 2.22. The number of nitrogens with one attached hydrogen (secondary N) is 1. The van der Waals surface area contributed by atoms with Crippen LogP contribution in [0.4, 0.5) is 11.5 Å². The van der Waals surface area contributed by atoms with Crippen molar-refractivity contribution >= 4 is 29.2 Å². The van der Waals surface area contributed by atoms with Crippen LogP contribution in [-0.2, 0) is 0 Å². The summed E-state index contributed by atoms with van der Waals surface area (Å²) >= 11 is 1.45. The van der Waals surface area contributed by atoms with Crippen molar-refractivity contribution in [2.24, 2.45) is 0 Å². The van der Waals surface area contributed by atoms with Crippen molar-refractivity contribution in [3.63, 3.8) is 0 Å². The van der Waals surface area contributed by atoms with E-state index in [4.69, 9.17) is 5.11 Å². The van der Waals surface area contributed by atoms with Crippen molar-refractivity contribution in [3.8, 4) is 0 Å². The van der Waals surface area contributed by atoms with E-state index in [1.807, 2.05) is 6.26 Å². The highest BCUT2D eigenvalue weighted by atomic mass is 32.2. The zero-order chi connectivity index (χ0) is 13.0. The number of carbonyl (C=O) groups is 1. The zero-order valence-corrected chi connectivity index (χ0v) is 10.4. The molecule has 0 atom stereocenters. The lowest BCUT2D eigenvalue weighted by Gasteiger charge is -2.06. The molecule has 5 nitrogen and oxygen atoms in total. The van der Waals surface area contributed by atoms with E-state index < -0.39 is 5.97 Å². The van der Waals surface area contributed by atoms with Crippen molar-refractivity contribution in [1.29, 1.82) is 0 Å². The summed E-state index contributed by atoms with van der Waals surface area (Å²) in [4.78, 5) is 19.2. The lowest BCUT2D eigenvalue weighted by atomic mass is 10.2. The quantitative estimate of drug-likeness (QED) is 0.651. The van der Waals surface area contributed by atoms with Crippen molar-refractivity contribution in [1.82, 2.24) is 9.97 Å². The Morgan fingerprint density at radius 3 is 2.94 bits per heavy atom. The van der Waals surface area contributed by atoms with Gasteiger partial charge in [-0.1, -0.05) is 17.8 Å². The van der Waals surface area contributed by atoms with E-state index in [2.05, 4.69) is 15.3 Å². The molecule has 0 amide bonds. The minimum Gasteiger partial charge on any atom is -0.478 e. The Hall–Kier alpha value is -2.08. The van der Waals surface area contributed by atoms with Gasteiger partial charge in [-0.3, -0.25) is 0 Å². The first-order valence-electron chi connectivity index (χ1n) is 5.16. The largest absolute Gasteiger partial charge is 0.478 e. The van der Waals surface area contributed by atoms with Gasteiger partial charge in [-0.05, 0) is 30.5 Å². The molecule has 1 aromatic carbocycles. The highest BCUT2D eigenvalue weighted by molar-refractivity contribution is 7.98. The molecule has 2 N–H and O–H groups in total. The number of nitrogens with zero attached hydrogens (tertiary/aromatic N) is 2. The van der Waals surface area contributed by atoms with Gasteiger partial charge in [0.25, 0.3) is 0 Å². The average molecular weight is 261 g/mol. The Labute approximate surface area is 108 Å². The summed E-state index contributed by atoms with van der Waals surface area (Å²) in [7, 11) is 0. The Morgan fingerprint density at radius 2 is 2.22 bits per heavy atom. The molecule has 0 saturated carbocycles. The summed E-state index contributed by atoms with van der Waals surface area (Å²) in [6.45, 7) is 0. The second-order valence-electron chi connectivity index (χ2n) is 3.44. The molecule has 2 rings (SSSR count). The van der Waals surface area contributed by atoms with E-state index >= 15 is 0 Å². The highest BCUT2D eigenvalue weighted by Crippen LogP contribution is 2.17. The first-order chi connectivity index (χ1) is 8.69. The third kappa shape index (κ3) is 2.98. The fourth-order valence-corrected chi connectivity index (χ4v) is 1.74. The molecule has 0 aliphatic heterocycles. The van der Waals surface area contributed by atoms with Gasteiger partial charge in [0.05, 0.1) is 5.56 Å². The molecule has 92 valence electrons. The van der Waals surface area contributed by atoms with Crippen molar-refractivity contribution in [3.05, 3.63) is 42.1 Å². The van der Waals surface area contributed by atoms with Gasteiger partial charge in [-0.2, -0.15) is 0 Å². The van der Waals surface area contributed by atoms with Crippen LogP contribution in [0.25, 0.3) is 0 Å². The van der Waals surface area contributed by atoms with E-state index in [0.29, 0.717) is 16.7 Å². The summed E-state index contributed by atoms with van der Waals surface area (Å²) in [5.74, 6) is -0.317. The number of carboxylic acids is 1. The van der Waals surface area contributed by atoms with E-state index in [-0.39, 0.29) is 5.56 Å². The van der Waals surface area contributed by atoms with Gasteiger partial charge < -0.3 is 10.4 Å². The van der Waals surface area contributed by atoms with Gasteiger partial charge in [0.15, 0.2) is 5.16 Å². The number of aromatic nitrogens is 2. The molecule has 0 fully saturated rings. The van der Waals surface area contributed by atoms with E-state index in [0.717, 1.165) is 0 Å². The first-order valence-corrected chi connectivity index (χ1v) is 6.39. The van der Waals surface area contributed by atoms with Gasteiger partial charge in [-0.15, -0.1) is 0 Å². The lowest BCUT2D eigenvalue weighted by Crippen LogP contribution is -1.99. The van der Waals surface area contributed by atoms with Crippen molar-refractivity contribution in [2.75, 3.05) is 11.6 Å². The molecule has 0 saturated heterocycles. The second kappa shape index (κ2) is 5.50. The van der Waals surface area contributed by atoms with Crippen LogP contribution in [0.5, 0.6) is 0 Å². The maximum atomic E-state index is 10.8. The summed E-state index contributed by atoms with van der Waals surface area (Å²) in [6, 6.07) is 8.30. The zero-order valence-electron chi connectivity index (χ0n) is 9.62. The number of aromatic carboxylic acids is 1. The molecule has 0 bridgehead atoms. The summed E-state index contributed by atoms with van der Waals surface area (Å²) in [6.07, 6.45) is 3.55. The fraction of sp³-hybridized carbons (Fsp3) is 0.0833. The van der Waals surface area contributed by atoms with Crippen LogP contribution in [0.2, 0.25) is 0 Å². The van der Waals surface area contributed by atoms with Gasteiger partial charge >= 0.3 is 5.97 Å². The molecule has 18 heavy (non-hydrogen) atoms. The van der Waals surface area contributed by atoms with Crippen LogP contribution in [-0.4, -0.2) is 27.3 Å². The van der Waals surface area contributed by atoms with Gasteiger partial charge in [0.2, 0.25) is 0 Å². The average Bonchev–Trinajstić information content (AvgIpc) is 2.39. The molecular weight excluding hydrogens is 250 g/mol. The monoisotopic (exact) mass is 261 g/mol. The van der Waals surface area contributed by atoms with E-state index in [9.17, 15) is 4.79 Å². The number of thioether (sulfide) groups is 1. The van der Waals surface area contributed by atoms with Crippen molar-refractivity contribution < 1.29 is 9.90 Å². The fourth-order valence-electron chi connectivity index (χ4n) is 1.39. The summed E-state index contributed by atoms with van der Waals surface area (Å²) in [5, 5.41) is 12.6. The Morgan fingerprint density at radius 1 is 1.39 bits per heavy atom. The minimum absolute atomic E-state index is 0.235. The predicted octanol–water partition coefficient (Wildman–Crippen LogP) is 2.64. The number of hydrogen-bond acceptors (Lipinski definition) is 5. The highest BCUT2D eigenvalue weighted by Gasteiger charge is 2.04. The molecule has 0 unspecified atom stereocenters. The SMILES string of the molecule is CSc1nccc(Nc2cccc(C(=O)O)c2)n1. The maximum Gasteiger partial charge on any atom is 0.335 e.